The normalized spacial score (nSPS) is 15.8. The van der Waals surface area contributed by atoms with Crippen LogP contribution in [-0.2, 0) is 18.3 Å². The molecule has 0 saturated carbocycles. The number of nitrogens with zero attached hydrogens (tertiary/aromatic N) is 2. The molecule has 6 nitrogen and oxygen atoms in total. The van der Waals surface area contributed by atoms with Gasteiger partial charge < -0.3 is 14.7 Å². The number of rotatable bonds is 5. The predicted molar refractivity (Wildman–Crippen MR) is 109 cm³/mol. The first kappa shape index (κ1) is 18.9. The smallest absolute Gasteiger partial charge is 0.256 e. The number of fused-ring (bicyclic) bond motifs is 1. The van der Waals surface area contributed by atoms with Crippen molar-refractivity contribution in [2.24, 2.45) is 12.2 Å². The average molecular weight is 393 g/mol. The van der Waals surface area contributed by atoms with Gasteiger partial charge in [-0.1, -0.05) is 29.4 Å². The van der Waals surface area contributed by atoms with Crippen LogP contribution in [0.2, 0.25) is 0 Å². The third-order valence-corrected chi connectivity index (χ3v) is 4.95. The SMILES string of the molecule is Cn1cc(C(=O)NC[C@@H]2CC(Cc3ccc(F)cc3)=NO2)c(=O)c2ccccc21. The summed E-state index contributed by atoms with van der Waals surface area (Å²) in [6.07, 6.45) is 2.38. The molecule has 0 saturated heterocycles. The molecule has 0 radical (unpaired) electrons. The zero-order valence-corrected chi connectivity index (χ0v) is 15.9. The molecule has 1 N–H and O–H groups in total. The van der Waals surface area contributed by atoms with Crippen LogP contribution in [0.1, 0.15) is 22.3 Å². The quantitative estimate of drug-likeness (QED) is 0.725. The van der Waals surface area contributed by atoms with Gasteiger partial charge in [0, 0.05) is 31.5 Å². The number of para-hydroxylation sites is 1. The van der Waals surface area contributed by atoms with Crippen LogP contribution in [-0.4, -0.2) is 28.8 Å². The minimum absolute atomic E-state index is 0.0941. The molecule has 0 bridgehead atoms. The van der Waals surface area contributed by atoms with Gasteiger partial charge in [0.15, 0.2) is 0 Å². The molecule has 7 heteroatoms. The van der Waals surface area contributed by atoms with E-state index in [-0.39, 0.29) is 29.5 Å². The van der Waals surface area contributed by atoms with Gasteiger partial charge in [-0.3, -0.25) is 9.59 Å². The van der Waals surface area contributed by atoms with Gasteiger partial charge in [-0.2, -0.15) is 0 Å². The van der Waals surface area contributed by atoms with Gasteiger partial charge in [0.1, 0.15) is 17.5 Å². The Morgan fingerprint density at radius 2 is 2.00 bits per heavy atom. The maximum atomic E-state index is 13.0. The fraction of sp³-hybridized carbons (Fsp3) is 0.227. The van der Waals surface area contributed by atoms with Crippen LogP contribution in [0.15, 0.2) is 64.7 Å². The summed E-state index contributed by atoms with van der Waals surface area (Å²) in [7, 11) is 1.80. The number of carbonyl (C=O) groups is 1. The molecule has 148 valence electrons. The summed E-state index contributed by atoms with van der Waals surface area (Å²) in [6.45, 7) is 0.241. The van der Waals surface area contributed by atoms with E-state index >= 15 is 0 Å². The van der Waals surface area contributed by atoms with Crippen molar-refractivity contribution in [3.63, 3.8) is 0 Å². The lowest BCUT2D eigenvalue weighted by Crippen LogP contribution is -2.35. The number of nitrogens with one attached hydrogen (secondary N) is 1. The Morgan fingerprint density at radius 3 is 2.79 bits per heavy atom. The maximum Gasteiger partial charge on any atom is 0.256 e. The van der Waals surface area contributed by atoms with E-state index in [0.29, 0.717) is 18.2 Å². The Labute approximate surface area is 166 Å². The van der Waals surface area contributed by atoms with E-state index in [1.54, 1.807) is 42.1 Å². The van der Waals surface area contributed by atoms with Gasteiger partial charge in [-0.15, -0.1) is 0 Å². The van der Waals surface area contributed by atoms with Crippen molar-refractivity contribution in [2.75, 3.05) is 6.54 Å². The van der Waals surface area contributed by atoms with Gasteiger partial charge in [-0.05, 0) is 29.8 Å². The van der Waals surface area contributed by atoms with Crippen LogP contribution in [0.25, 0.3) is 10.9 Å². The number of benzene rings is 2. The van der Waals surface area contributed by atoms with Crippen molar-refractivity contribution >= 4 is 22.5 Å². The molecular weight excluding hydrogens is 373 g/mol. The van der Waals surface area contributed by atoms with Crippen molar-refractivity contribution in [2.45, 2.75) is 18.9 Å². The minimum atomic E-state index is -0.438. The van der Waals surface area contributed by atoms with E-state index in [4.69, 9.17) is 4.84 Å². The molecule has 0 fully saturated rings. The van der Waals surface area contributed by atoms with E-state index in [9.17, 15) is 14.0 Å². The molecule has 0 aliphatic carbocycles. The standard InChI is InChI=1S/C22H20FN3O3/c1-26-13-19(21(27)18-4-2-3-5-20(18)26)22(28)24-12-17-11-16(25-29-17)10-14-6-8-15(23)9-7-14/h2-9,13,17H,10-12H2,1H3,(H,24,28)/t17-/m0/s1. The zero-order valence-electron chi connectivity index (χ0n) is 15.9. The number of hydrogen-bond donors (Lipinski definition) is 1. The molecule has 2 aromatic carbocycles. The van der Waals surface area contributed by atoms with Crippen LogP contribution in [0, 0.1) is 5.82 Å². The first-order valence-electron chi connectivity index (χ1n) is 9.34. The van der Waals surface area contributed by atoms with Crippen molar-refractivity contribution in [1.29, 1.82) is 0 Å². The summed E-state index contributed by atoms with van der Waals surface area (Å²) >= 11 is 0. The summed E-state index contributed by atoms with van der Waals surface area (Å²) < 4.78 is 14.8. The van der Waals surface area contributed by atoms with Crippen molar-refractivity contribution in [1.82, 2.24) is 9.88 Å². The lowest BCUT2D eigenvalue weighted by molar-refractivity contribution is 0.0753. The van der Waals surface area contributed by atoms with E-state index in [1.165, 1.54) is 12.1 Å². The fourth-order valence-electron chi connectivity index (χ4n) is 3.44. The molecule has 0 unspecified atom stereocenters. The summed E-state index contributed by atoms with van der Waals surface area (Å²) in [5.74, 6) is -0.717. The summed E-state index contributed by atoms with van der Waals surface area (Å²) in [5, 5.41) is 7.33. The largest absolute Gasteiger partial charge is 0.390 e. The molecule has 1 atom stereocenters. The Balaban J connectivity index is 1.37. The molecule has 1 aliphatic rings. The number of carbonyl (C=O) groups excluding carboxylic acids is 1. The van der Waals surface area contributed by atoms with Crippen LogP contribution in [0.3, 0.4) is 0 Å². The van der Waals surface area contributed by atoms with Gasteiger partial charge in [0.05, 0.1) is 17.8 Å². The average Bonchev–Trinajstić information content (AvgIpc) is 3.18. The fourth-order valence-corrected chi connectivity index (χ4v) is 3.44. The van der Waals surface area contributed by atoms with Gasteiger partial charge >= 0.3 is 0 Å². The molecule has 0 spiro atoms. The highest BCUT2D eigenvalue weighted by Gasteiger charge is 2.23. The molecule has 1 amide bonds. The monoisotopic (exact) mass is 393 g/mol. The highest BCUT2D eigenvalue weighted by atomic mass is 19.1. The van der Waals surface area contributed by atoms with Crippen LogP contribution in [0.4, 0.5) is 4.39 Å². The predicted octanol–water partition coefficient (Wildman–Crippen LogP) is 2.80. The number of aromatic nitrogens is 1. The van der Waals surface area contributed by atoms with E-state index in [1.807, 2.05) is 12.1 Å². The number of oxime groups is 1. The second-order valence-electron chi connectivity index (χ2n) is 7.10. The Hall–Kier alpha value is -3.48. The second-order valence-corrected chi connectivity index (χ2v) is 7.10. The van der Waals surface area contributed by atoms with Crippen molar-refractivity contribution in [3.05, 3.63) is 81.9 Å². The van der Waals surface area contributed by atoms with E-state index in [0.717, 1.165) is 16.8 Å². The summed E-state index contributed by atoms with van der Waals surface area (Å²) in [4.78, 5) is 30.6. The number of halogens is 1. The number of pyridine rings is 1. The highest BCUT2D eigenvalue weighted by molar-refractivity contribution is 5.97. The maximum absolute atomic E-state index is 13.0. The molecule has 2 heterocycles. The lowest BCUT2D eigenvalue weighted by Gasteiger charge is -2.12. The number of amides is 1. The lowest BCUT2D eigenvalue weighted by atomic mass is 10.0. The molecule has 29 heavy (non-hydrogen) atoms. The summed E-state index contributed by atoms with van der Waals surface area (Å²) in [6, 6.07) is 13.4. The topological polar surface area (TPSA) is 72.7 Å². The minimum Gasteiger partial charge on any atom is -0.390 e. The highest BCUT2D eigenvalue weighted by Crippen LogP contribution is 2.15. The first-order chi connectivity index (χ1) is 14.0. The van der Waals surface area contributed by atoms with Crippen molar-refractivity contribution in [3.8, 4) is 0 Å². The molecule has 4 rings (SSSR count). The third kappa shape index (κ3) is 4.03. The number of hydrogen-bond acceptors (Lipinski definition) is 4. The number of aryl methyl sites for hydroxylation is 1. The van der Waals surface area contributed by atoms with Crippen molar-refractivity contribution < 1.29 is 14.0 Å². The van der Waals surface area contributed by atoms with Gasteiger partial charge in [0.2, 0.25) is 5.43 Å². The Bertz CT molecular complexity index is 1150. The molecule has 3 aromatic rings. The van der Waals surface area contributed by atoms with Crippen LogP contribution < -0.4 is 10.7 Å². The first-order valence-corrected chi connectivity index (χ1v) is 9.34. The summed E-state index contributed by atoms with van der Waals surface area (Å²) in [5.41, 5.74) is 2.34. The van der Waals surface area contributed by atoms with Gasteiger partial charge in [0.25, 0.3) is 5.91 Å². The van der Waals surface area contributed by atoms with Gasteiger partial charge in [-0.25, -0.2) is 4.39 Å². The Kier molecular flexibility index (Phi) is 5.12. The molecule has 1 aliphatic heterocycles. The zero-order chi connectivity index (χ0) is 20.4. The Morgan fingerprint density at radius 1 is 1.24 bits per heavy atom. The molecule has 1 aromatic heterocycles. The van der Waals surface area contributed by atoms with Crippen LogP contribution in [0.5, 0.6) is 0 Å². The van der Waals surface area contributed by atoms with E-state index < -0.39 is 5.91 Å². The van der Waals surface area contributed by atoms with E-state index in [2.05, 4.69) is 10.5 Å². The second kappa shape index (κ2) is 7.87. The molecular formula is C22H20FN3O3. The van der Waals surface area contributed by atoms with Crippen LogP contribution >= 0.6 is 0 Å². The third-order valence-electron chi connectivity index (χ3n) is 4.95.